The summed E-state index contributed by atoms with van der Waals surface area (Å²) in [6.45, 7) is 7.79. The molecule has 3 rings (SSSR count). The monoisotopic (exact) mass is 366 g/mol. The zero-order valence-electron chi connectivity index (χ0n) is 16.0. The highest BCUT2D eigenvalue weighted by Crippen LogP contribution is 2.29. The Bertz CT molecular complexity index is 1120. The summed E-state index contributed by atoms with van der Waals surface area (Å²) < 4.78 is 3.14. The number of fused-ring (bicyclic) bond motifs is 1. The molecule has 0 bridgehead atoms. The van der Waals surface area contributed by atoms with Gasteiger partial charge in [-0.25, -0.2) is 9.50 Å². The molecule has 1 amide bonds. The smallest absolute Gasteiger partial charge is 0.276 e. The highest BCUT2D eigenvalue weighted by atomic mass is 16.2. The van der Waals surface area contributed by atoms with E-state index in [1.807, 2.05) is 44.5 Å². The van der Waals surface area contributed by atoms with Crippen LogP contribution in [0.4, 0.5) is 0 Å². The Morgan fingerprint density at radius 1 is 1.33 bits per heavy atom. The number of nitrogens with one attached hydrogen (secondary N) is 2. The molecule has 0 radical (unpaired) electrons. The number of aromatic amines is 1. The van der Waals surface area contributed by atoms with E-state index in [1.54, 1.807) is 13.1 Å². The lowest BCUT2D eigenvalue weighted by Gasteiger charge is -2.12. The highest BCUT2D eigenvalue weighted by Gasteiger charge is 2.23. The maximum atomic E-state index is 13.0. The molecule has 0 saturated carbocycles. The molecule has 0 unspecified atom stereocenters. The summed E-state index contributed by atoms with van der Waals surface area (Å²) in [4.78, 5) is 29.9. The molecule has 0 spiro atoms. The number of hydrogen-bond acceptors (Lipinski definition) is 4. The molecular formula is C19H22N6O2. The number of carbonyl (C=O) groups excluding carboxylic acids is 1. The summed E-state index contributed by atoms with van der Waals surface area (Å²) in [6.07, 6.45) is 3.30. The highest BCUT2D eigenvalue weighted by molar-refractivity contribution is 5.94. The van der Waals surface area contributed by atoms with E-state index < -0.39 is 0 Å². The van der Waals surface area contributed by atoms with Crippen LogP contribution in [0.15, 0.2) is 23.3 Å². The second-order valence-electron chi connectivity index (χ2n) is 6.99. The van der Waals surface area contributed by atoms with Gasteiger partial charge < -0.3 is 9.88 Å². The number of nitrogens with zero attached hydrogens (tertiary/aromatic N) is 4. The second-order valence-corrected chi connectivity index (χ2v) is 6.99. The van der Waals surface area contributed by atoms with Gasteiger partial charge in [-0.15, -0.1) is 0 Å². The average Bonchev–Trinajstić information content (AvgIpc) is 3.24. The van der Waals surface area contributed by atoms with E-state index in [-0.39, 0.29) is 29.1 Å². The predicted octanol–water partition coefficient (Wildman–Crippen LogP) is 2.43. The van der Waals surface area contributed by atoms with Crippen LogP contribution >= 0.6 is 0 Å². The van der Waals surface area contributed by atoms with E-state index in [1.165, 1.54) is 10.7 Å². The third kappa shape index (κ3) is 2.91. The van der Waals surface area contributed by atoms with Gasteiger partial charge in [0.25, 0.3) is 11.5 Å². The minimum Gasteiger partial charge on any atom is -0.354 e. The molecule has 3 aromatic rings. The lowest BCUT2D eigenvalue weighted by molar-refractivity contribution is 0.0952. The minimum absolute atomic E-state index is 0.0558. The summed E-state index contributed by atoms with van der Waals surface area (Å²) in [5.41, 5.74) is 2.52. The van der Waals surface area contributed by atoms with E-state index >= 15 is 0 Å². The summed E-state index contributed by atoms with van der Waals surface area (Å²) in [7, 11) is 1.58. The largest absolute Gasteiger partial charge is 0.354 e. The van der Waals surface area contributed by atoms with E-state index in [0.717, 1.165) is 0 Å². The van der Waals surface area contributed by atoms with Crippen molar-refractivity contribution in [2.75, 3.05) is 7.05 Å². The summed E-state index contributed by atoms with van der Waals surface area (Å²) in [5.74, 6) is -0.296. The van der Waals surface area contributed by atoms with Gasteiger partial charge in [-0.1, -0.05) is 13.8 Å². The molecule has 0 aromatic carbocycles. The van der Waals surface area contributed by atoms with Crippen LogP contribution < -0.4 is 10.9 Å². The van der Waals surface area contributed by atoms with Crippen molar-refractivity contribution in [3.05, 3.63) is 45.6 Å². The van der Waals surface area contributed by atoms with Gasteiger partial charge in [-0.2, -0.15) is 5.26 Å². The lowest BCUT2D eigenvalue weighted by Crippen LogP contribution is -2.22. The van der Waals surface area contributed by atoms with Crippen LogP contribution in [0.25, 0.3) is 16.9 Å². The Morgan fingerprint density at radius 2 is 2.04 bits per heavy atom. The predicted molar refractivity (Wildman–Crippen MR) is 102 cm³/mol. The Balaban J connectivity index is 2.37. The van der Waals surface area contributed by atoms with Crippen molar-refractivity contribution >= 4 is 11.6 Å². The Morgan fingerprint density at radius 3 is 2.59 bits per heavy atom. The van der Waals surface area contributed by atoms with Crippen molar-refractivity contribution in [1.82, 2.24) is 24.5 Å². The van der Waals surface area contributed by atoms with Gasteiger partial charge in [0.1, 0.15) is 17.3 Å². The number of carbonyl (C=O) groups is 1. The molecule has 0 aliphatic carbocycles. The van der Waals surface area contributed by atoms with Crippen molar-refractivity contribution in [2.45, 2.75) is 39.7 Å². The van der Waals surface area contributed by atoms with Gasteiger partial charge in [0.15, 0.2) is 5.65 Å². The molecule has 3 aromatic heterocycles. The van der Waals surface area contributed by atoms with Crippen molar-refractivity contribution in [3.8, 4) is 17.3 Å². The van der Waals surface area contributed by atoms with Crippen LogP contribution in [0.2, 0.25) is 0 Å². The van der Waals surface area contributed by atoms with Crippen LogP contribution in [0, 0.1) is 11.3 Å². The maximum Gasteiger partial charge on any atom is 0.276 e. The molecule has 27 heavy (non-hydrogen) atoms. The Kier molecular flexibility index (Phi) is 4.62. The molecule has 0 atom stereocenters. The topological polar surface area (TPSA) is 108 Å². The van der Waals surface area contributed by atoms with Gasteiger partial charge >= 0.3 is 0 Å². The lowest BCUT2D eigenvalue weighted by atomic mass is 9.99. The Labute approximate surface area is 156 Å². The van der Waals surface area contributed by atoms with Crippen LogP contribution in [0.3, 0.4) is 0 Å². The molecule has 8 heteroatoms. The van der Waals surface area contributed by atoms with Crippen LogP contribution in [0.5, 0.6) is 0 Å². The molecule has 0 aliphatic heterocycles. The van der Waals surface area contributed by atoms with Gasteiger partial charge in [-0.05, 0) is 25.8 Å². The van der Waals surface area contributed by atoms with Crippen molar-refractivity contribution in [1.29, 1.82) is 5.26 Å². The average molecular weight is 366 g/mol. The first-order valence-corrected chi connectivity index (χ1v) is 8.78. The fraction of sp³-hybridized carbons (Fsp3) is 0.368. The number of rotatable bonds is 4. The quantitative estimate of drug-likeness (QED) is 0.739. The molecule has 2 N–H and O–H groups in total. The van der Waals surface area contributed by atoms with E-state index in [9.17, 15) is 14.9 Å². The summed E-state index contributed by atoms with van der Waals surface area (Å²) in [6, 6.07) is 3.84. The first kappa shape index (κ1) is 18.5. The van der Waals surface area contributed by atoms with Gasteiger partial charge in [0.2, 0.25) is 0 Å². The number of amides is 1. The standard InChI is InChI=1S/C19H22N6O2/c1-10(2)15-16(23-17-13(7-20)8-22-25(17)19(15)27)12-6-14(18(26)21-5)24(9-12)11(3)4/h6,8-11,22H,1-5H3,(H,21,26). The number of nitriles is 1. The number of aromatic nitrogens is 4. The molecule has 8 nitrogen and oxygen atoms in total. The van der Waals surface area contributed by atoms with E-state index in [0.29, 0.717) is 28.1 Å². The number of H-pyrrole nitrogens is 1. The van der Waals surface area contributed by atoms with Gasteiger partial charge in [0.05, 0.1) is 5.69 Å². The fourth-order valence-corrected chi connectivity index (χ4v) is 3.20. The van der Waals surface area contributed by atoms with Gasteiger partial charge in [0, 0.05) is 36.6 Å². The summed E-state index contributed by atoms with van der Waals surface area (Å²) in [5, 5.41) is 14.7. The van der Waals surface area contributed by atoms with Crippen molar-refractivity contribution in [3.63, 3.8) is 0 Å². The third-order valence-electron chi connectivity index (χ3n) is 4.53. The molecule has 0 saturated heterocycles. The van der Waals surface area contributed by atoms with Crippen LogP contribution in [0.1, 0.15) is 61.3 Å². The molecule has 0 fully saturated rings. The first-order valence-electron chi connectivity index (χ1n) is 8.78. The summed E-state index contributed by atoms with van der Waals surface area (Å²) >= 11 is 0. The first-order chi connectivity index (χ1) is 12.8. The van der Waals surface area contributed by atoms with Gasteiger partial charge in [-0.3, -0.25) is 14.7 Å². The molecular weight excluding hydrogens is 344 g/mol. The number of hydrogen-bond donors (Lipinski definition) is 2. The van der Waals surface area contributed by atoms with E-state index in [4.69, 9.17) is 0 Å². The maximum absolute atomic E-state index is 13.0. The minimum atomic E-state index is -0.245. The normalized spacial score (nSPS) is 11.3. The van der Waals surface area contributed by atoms with Crippen molar-refractivity contribution < 1.29 is 4.79 Å². The zero-order chi connectivity index (χ0) is 19.9. The second kappa shape index (κ2) is 6.76. The van der Waals surface area contributed by atoms with Crippen LogP contribution in [-0.4, -0.2) is 32.1 Å². The zero-order valence-corrected chi connectivity index (χ0v) is 16.0. The fourth-order valence-electron chi connectivity index (χ4n) is 3.20. The molecule has 0 aliphatic rings. The third-order valence-corrected chi connectivity index (χ3v) is 4.53. The van der Waals surface area contributed by atoms with Crippen molar-refractivity contribution in [2.24, 2.45) is 0 Å². The molecule has 3 heterocycles. The van der Waals surface area contributed by atoms with Crippen LogP contribution in [-0.2, 0) is 0 Å². The molecule has 140 valence electrons. The van der Waals surface area contributed by atoms with E-state index in [2.05, 4.69) is 15.4 Å². The SMILES string of the molecule is CNC(=O)c1cc(-c2nc3c(C#N)c[nH]n3c(=O)c2C(C)C)cn1C(C)C. The Hall–Kier alpha value is -3.34.